The van der Waals surface area contributed by atoms with Crippen molar-refractivity contribution < 1.29 is 9.53 Å². The lowest BCUT2D eigenvalue weighted by atomic mass is 10.1. The van der Waals surface area contributed by atoms with Crippen LogP contribution >= 0.6 is 0 Å². The first-order valence-electron chi connectivity index (χ1n) is 9.23. The van der Waals surface area contributed by atoms with E-state index in [2.05, 4.69) is 25.9 Å². The molecule has 0 aliphatic carbocycles. The first kappa shape index (κ1) is 18.4. The minimum Gasteiger partial charge on any atom is -0.492 e. The van der Waals surface area contributed by atoms with E-state index in [4.69, 9.17) is 4.74 Å². The molecule has 2 N–H and O–H groups in total. The Morgan fingerprint density at radius 2 is 1.90 bits per heavy atom. The molecular weight excluding hydrogens is 368 g/mol. The van der Waals surface area contributed by atoms with Crippen LogP contribution in [0.4, 0.5) is 16.2 Å². The van der Waals surface area contributed by atoms with Gasteiger partial charge in [-0.15, -0.1) is 10.2 Å². The third-order valence-corrected chi connectivity index (χ3v) is 4.27. The van der Waals surface area contributed by atoms with E-state index in [1.807, 2.05) is 68.4 Å². The molecule has 4 rings (SSSR count). The second-order valence-corrected chi connectivity index (χ2v) is 6.32. The molecule has 0 saturated heterocycles. The lowest BCUT2D eigenvalue weighted by molar-refractivity contribution is 0.262. The molecule has 0 aliphatic rings. The summed E-state index contributed by atoms with van der Waals surface area (Å²) in [6.45, 7) is 4.26. The molecule has 0 spiro atoms. The molecule has 8 heteroatoms. The minimum absolute atomic E-state index is 0.354. The summed E-state index contributed by atoms with van der Waals surface area (Å²) in [7, 11) is 0. The number of fused-ring (bicyclic) bond motifs is 1. The minimum atomic E-state index is -0.354. The molecule has 0 fully saturated rings. The molecule has 4 aromatic rings. The van der Waals surface area contributed by atoms with Crippen LogP contribution in [-0.4, -0.2) is 32.4 Å². The quantitative estimate of drug-likeness (QED) is 0.536. The average molecular weight is 388 g/mol. The number of nitrogens with zero attached hydrogens (tertiary/aromatic N) is 4. The van der Waals surface area contributed by atoms with Crippen LogP contribution in [0.1, 0.15) is 12.7 Å². The van der Waals surface area contributed by atoms with Crippen molar-refractivity contribution >= 4 is 23.1 Å². The first-order chi connectivity index (χ1) is 14.1. The number of carbonyl (C=O) groups is 1. The van der Waals surface area contributed by atoms with Gasteiger partial charge in [0.25, 0.3) is 0 Å². The molecule has 2 amide bonds. The summed E-state index contributed by atoms with van der Waals surface area (Å²) in [5.74, 6) is 1.34. The van der Waals surface area contributed by atoms with Crippen LogP contribution < -0.4 is 15.4 Å². The number of amides is 2. The van der Waals surface area contributed by atoms with Crippen LogP contribution in [0.5, 0.6) is 5.75 Å². The van der Waals surface area contributed by atoms with E-state index >= 15 is 0 Å². The Bertz CT molecular complexity index is 1170. The Labute approximate surface area is 167 Å². The Morgan fingerprint density at radius 3 is 2.76 bits per heavy atom. The fourth-order valence-electron chi connectivity index (χ4n) is 2.94. The van der Waals surface area contributed by atoms with Gasteiger partial charge in [0.1, 0.15) is 5.75 Å². The van der Waals surface area contributed by atoms with Gasteiger partial charge < -0.3 is 15.4 Å². The maximum atomic E-state index is 12.5. The van der Waals surface area contributed by atoms with Gasteiger partial charge in [-0.25, -0.2) is 4.79 Å². The number of urea groups is 1. The van der Waals surface area contributed by atoms with Gasteiger partial charge in [0, 0.05) is 11.3 Å². The summed E-state index contributed by atoms with van der Waals surface area (Å²) >= 11 is 0. The van der Waals surface area contributed by atoms with Crippen molar-refractivity contribution in [2.45, 2.75) is 13.8 Å². The van der Waals surface area contributed by atoms with E-state index in [9.17, 15) is 4.79 Å². The number of hydrogen-bond donors (Lipinski definition) is 2. The van der Waals surface area contributed by atoms with E-state index in [-0.39, 0.29) is 6.03 Å². The Hall–Kier alpha value is -3.94. The summed E-state index contributed by atoms with van der Waals surface area (Å²) < 4.78 is 7.23. The number of anilines is 2. The second-order valence-electron chi connectivity index (χ2n) is 6.32. The molecule has 0 radical (unpaired) electrons. The topological polar surface area (TPSA) is 93.4 Å². The first-order valence-corrected chi connectivity index (χ1v) is 9.23. The normalized spacial score (nSPS) is 10.7. The molecule has 29 heavy (non-hydrogen) atoms. The molecule has 2 aromatic carbocycles. The summed E-state index contributed by atoms with van der Waals surface area (Å²) in [5.41, 5.74) is 3.57. The third kappa shape index (κ3) is 4.01. The van der Waals surface area contributed by atoms with Crippen molar-refractivity contribution in [3.8, 4) is 17.0 Å². The van der Waals surface area contributed by atoms with Crippen molar-refractivity contribution in [3.05, 3.63) is 66.5 Å². The Kier molecular flexibility index (Phi) is 5.07. The highest BCUT2D eigenvalue weighted by atomic mass is 16.5. The number of ether oxygens (including phenoxy) is 1. The average Bonchev–Trinajstić information content (AvgIpc) is 3.10. The van der Waals surface area contributed by atoms with Crippen LogP contribution in [0.15, 0.2) is 60.7 Å². The van der Waals surface area contributed by atoms with Gasteiger partial charge >= 0.3 is 6.03 Å². The monoisotopic (exact) mass is 388 g/mol. The SMILES string of the molecule is CCOc1ccccc1NC(=O)Nc1cccc(-c2ccc3nnc(C)n3n2)c1. The van der Waals surface area contributed by atoms with Gasteiger partial charge in [0.2, 0.25) is 0 Å². The van der Waals surface area contributed by atoms with Crippen LogP contribution in [0, 0.1) is 6.92 Å². The maximum absolute atomic E-state index is 12.5. The summed E-state index contributed by atoms with van der Waals surface area (Å²) in [6, 6.07) is 18.2. The summed E-state index contributed by atoms with van der Waals surface area (Å²) in [6.07, 6.45) is 0. The van der Waals surface area contributed by atoms with Crippen molar-refractivity contribution in [1.82, 2.24) is 19.8 Å². The number of aryl methyl sites for hydroxylation is 1. The van der Waals surface area contributed by atoms with Gasteiger partial charge in [0.15, 0.2) is 11.5 Å². The molecule has 0 atom stereocenters. The molecule has 8 nitrogen and oxygen atoms in total. The highest BCUT2D eigenvalue weighted by Crippen LogP contribution is 2.25. The lowest BCUT2D eigenvalue weighted by Gasteiger charge is -2.12. The molecule has 0 bridgehead atoms. The zero-order valence-electron chi connectivity index (χ0n) is 16.1. The van der Waals surface area contributed by atoms with Gasteiger partial charge in [-0.05, 0) is 50.2 Å². The summed E-state index contributed by atoms with van der Waals surface area (Å²) in [5, 5.41) is 18.3. The van der Waals surface area contributed by atoms with Crippen LogP contribution in [0.3, 0.4) is 0 Å². The van der Waals surface area contributed by atoms with E-state index in [1.54, 1.807) is 10.6 Å². The van der Waals surface area contributed by atoms with Crippen LogP contribution in [0.2, 0.25) is 0 Å². The number of nitrogens with one attached hydrogen (secondary N) is 2. The molecule has 2 aromatic heterocycles. The van der Waals surface area contributed by atoms with E-state index < -0.39 is 0 Å². The molecular formula is C21H20N6O2. The predicted molar refractivity (Wildman–Crippen MR) is 111 cm³/mol. The number of rotatable bonds is 5. The molecule has 0 unspecified atom stereocenters. The fraction of sp³-hybridized carbons (Fsp3) is 0.143. The van der Waals surface area contributed by atoms with Crippen molar-refractivity contribution in [2.24, 2.45) is 0 Å². The smallest absolute Gasteiger partial charge is 0.323 e. The highest BCUT2D eigenvalue weighted by molar-refractivity contribution is 6.01. The zero-order valence-corrected chi connectivity index (χ0v) is 16.1. The number of benzene rings is 2. The highest BCUT2D eigenvalue weighted by Gasteiger charge is 2.09. The summed E-state index contributed by atoms with van der Waals surface area (Å²) in [4.78, 5) is 12.5. The standard InChI is InChI=1S/C21H20N6O2/c1-3-29-19-10-5-4-9-18(19)23-21(28)22-16-8-6-7-15(13-16)17-11-12-20-25-24-14(2)27(20)26-17/h4-13H,3H2,1-2H3,(H2,22,23,28). The van der Waals surface area contributed by atoms with Gasteiger partial charge in [-0.2, -0.15) is 9.61 Å². The number of carbonyl (C=O) groups excluding carboxylic acids is 1. The lowest BCUT2D eigenvalue weighted by Crippen LogP contribution is -2.20. The largest absolute Gasteiger partial charge is 0.492 e. The van der Waals surface area contributed by atoms with Crippen molar-refractivity contribution in [3.63, 3.8) is 0 Å². The fourth-order valence-corrected chi connectivity index (χ4v) is 2.94. The van der Waals surface area contributed by atoms with Gasteiger partial charge in [-0.3, -0.25) is 0 Å². The molecule has 0 saturated carbocycles. The van der Waals surface area contributed by atoms with E-state index in [1.165, 1.54) is 0 Å². The van der Waals surface area contributed by atoms with Crippen LogP contribution in [0.25, 0.3) is 16.9 Å². The predicted octanol–water partition coefficient (Wildman–Crippen LogP) is 4.14. The van der Waals surface area contributed by atoms with Crippen LogP contribution in [-0.2, 0) is 0 Å². The Balaban J connectivity index is 1.53. The molecule has 2 heterocycles. The second kappa shape index (κ2) is 7.97. The number of hydrogen-bond acceptors (Lipinski definition) is 5. The van der Waals surface area contributed by atoms with Gasteiger partial charge in [-0.1, -0.05) is 24.3 Å². The maximum Gasteiger partial charge on any atom is 0.323 e. The molecule has 0 aliphatic heterocycles. The molecule has 146 valence electrons. The van der Waals surface area contributed by atoms with Crippen molar-refractivity contribution in [1.29, 1.82) is 0 Å². The van der Waals surface area contributed by atoms with E-state index in [0.29, 0.717) is 35.2 Å². The van der Waals surface area contributed by atoms with Gasteiger partial charge in [0.05, 0.1) is 18.0 Å². The van der Waals surface area contributed by atoms with Crippen molar-refractivity contribution in [2.75, 3.05) is 17.2 Å². The number of aromatic nitrogens is 4. The zero-order chi connectivity index (χ0) is 20.2. The number of para-hydroxylation sites is 2. The third-order valence-electron chi connectivity index (χ3n) is 4.27. The van der Waals surface area contributed by atoms with E-state index in [0.717, 1.165) is 11.3 Å². The Morgan fingerprint density at radius 1 is 1.03 bits per heavy atom.